The number of hydrogen-bond donors (Lipinski definition) is 1. The lowest BCUT2D eigenvalue weighted by atomic mass is 9.89. The van der Waals surface area contributed by atoms with E-state index in [1.54, 1.807) is 12.5 Å². The molecule has 6 nitrogen and oxygen atoms in total. The Hall–Kier alpha value is -3.38. The van der Waals surface area contributed by atoms with Crippen molar-refractivity contribution in [2.75, 3.05) is 6.61 Å². The summed E-state index contributed by atoms with van der Waals surface area (Å²) in [5, 5.41) is 9.41. The summed E-state index contributed by atoms with van der Waals surface area (Å²) in [4.78, 5) is 24.0. The third kappa shape index (κ3) is 2.20. The number of rotatable bonds is 2. The fourth-order valence-electron chi connectivity index (χ4n) is 5.07. The average molecular weight is 387 g/mol. The van der Waals surface area contributed by atoms with Crippen molar-refractivity contribution < 1.29 is 19.1 Å². The zero-order chi connectivity index (χ0) is 19.7. The second-order valence-corrected chi connectivity index (χ2v) is 7.71. The van der Waals surface area contributed by atoms with Crippen molar-refractivity contribution in [3.8, 4) is 11.1 Å². The van der Waals surface area contributed by atoms with Gasteiger partial charge >= 0.3 is 5.97 Å². The molecule has 3 aromatic rings. The second-order valence-electron chi connectivity index (χ2n) is 7.71. The fraction of sp³-hybridized carbons (Fsp3) is 0.217. The van der Waals surface area contributed by atoms with Crippen molar-refractivity contribution in [2.24, 2.45) is 0 Å². The van der Waals surface area contributed by atoms with Crippen molar-refractivity contribution in [1.82, 2.24) is 4.57 Å². The molecule has 144 valence electrons. The Bertz CT molecular complexity index is 1260. The predicted molar refractivity (Wildman–Crippen MR) is 106 cm³/mol. The van der Waals surface area contributed by atoms with Crippen LogP contribution in [0, 0.1) is 0 Å². The smallest absolute Gasteiger partial charge is 0.341 e. The number of hydrogen-bond acceptors (Lipinski definition) is 4. The number of carboxylic acids is 1. The Labute approximate surface area is 165 Å². The monoisotopic (exact) mass is 387 g/mol. The van der Waals surface area contributed by atoms with Gasteiger partial charge in [0.25, 0.3) is 0 Å². The highest BCUT2D eigenvalue weighted by molar-refractivity contribution is 6.01. The minimum Gasteiger partial charge on any atom is -0.477 e. The zero-order valence-corrected chi connectivity index (χ0v) is 15.4. The first-order chi connectivity index (χ1) is 14.1. The van der Waals surface area contributed by atoms with E-state index in [1.165, 1.54) is 17.8 Å². The third-order valence-corrected chi connectivity index (χ3v) is 6.30. The topological polar surface area (TPSA) is 81.7 Å². The minimum absolute atomic E-state index is 0.00835. The number of carboxylic acid groups (broad SMARTS) is 1. The molecule has 1 N–H and O–H groups in total. The van der Waals surface area contributed by atoms with Crippen LogP contribution in [0.25, 0.3) is 22.3 Å². The standard InChI is InChI=1S/C23H17NO5/c25-20-9-19-16-8-15-13(12-4-6-28-11-12)2-1-3-14(15)21(16)22-18(5-7-29-22)24(19)10-17(20)23(26)27/h1-4,6,9-11,18,22H,5,7-8H2,(H,26,27)/t18-,22+/m1/s1. The molecule has 29 heavy (non-hydrogen) atoms. The van der Waals surface area contributed by atoms with E-state index >= 15 is 0 Å². The molecule has 0 bridgehead atoms. The number of allylic oxidation sites excluding steroid dienone is 1. The molecule has 1 aromatic carbocycles. The van der Waals surface area contributed by atoms with Crippen LogP contribution in [0.5, 0.6) is 0 Å². The van der Waals surface area contributed by atoms with Crippen LogP contribution in [0.4, 0.5) is 0 Å². The van der Waals surface area contributed by atoms with E-state index < -0.39 is 11.4 Å². The molecular weight excluding hydrogens is 370 g/mol. The Morgan fingerprint density at radius 3 is 2.86 bits per heavy atom. The molecule has 0 amide bonds. The first-order valence-corrected chi connectivity index (χ1v) is 9.63. The number of benzene rings is 1. The van der Waals surface area contributed by atoms with Gasteiger partial charge in [-0.05, 0) is 40.3 Å². The van der Waals surface area contributed by atoms with Crippen LogP contribution in [0.1, 0.15) is 39.6 Å². The average Bonchev–Trinajstić information content (AvgIpc) is 3.45. The van der Waals surface area contributed by atoms with Crippen LogP contribution in [0.3, 0.4) is 0 Å². The van der Waals surface area contributed by atoms with Crippen LogP contribution < -0.4 is 5.43 Å². The summed E-state index contributed by atoms with van der Waals surface area (Å²) in [6.07, 6.45) is 6.21. The number of carbonyl (C=O) groups is 1. The number of aromatic carboxylic acids is 1. The second kappa shape index (κ2) is 5.81. The summed E-state index contributed by atoms with van der Waals surface area (Å²) >= 11 is 0. The van der Waals surface area contributed by atoms with E-state index in [0.29, 0.717) is 13.0 Å². The molecular formula is C23H17NO5. The van der Waals surface area contributed by atoms with Crippen LogP contribution in [0.15, 0.2) is 58.3 Å². The largest absolute Gasteiger partial charge is 0.477 e. The highest BCUT2D eigenvalue weighted by Gasteiger charge is 2.43. The number of ether oxygens (including phenoxy) is 1. The van der Waals surface area contributed by atoms with Gasteiger partial charge in [0.2, 0.25) is 0 Å². The van der Waals surface area contributed by atoms with Crippen molar-refractivity contribution >= 4 is 17.1 Å². The molecule has 3 aliphatic rings. The lowest BCUT2D eigenvalue weighted by molar-refractivity contribution is 0.0693. The van der Waals surface area contributed by atoms with E-state index in [1.807, 2.05) is 16.7 Å². The van der Waals surface area contributed by atoms with Gasteiger partial charge in [0.1, 0.15) is 11.7 Å². The maximum Gasteiger partial charge on any atom is 0.341 e. The minimum atomic E-state index is -1.20. The maximum atomic E-state index is 12.5. The highest BCUT2D eigenvalue weighted by Crippen LogP contribution is 2.51. The lowest BCUT2D eigenvalue weighted by Crippen LogP contribution is -2.31. The summed E-state index contributed by atoms with van der Waals surface area (Å²) in [6, 6.07) is 9.65. The van der Waals surface area contributed by atoms with Gasteiger partial charge in [-0.2, -0.15) is 0 Å². The number of pyridine rings is 1. The summed E-state index contributed by atoms with van der Waals surface area (Å²) in [5.74, 6) is -1.20. The number of aromatic nitrogens is 1. The zero-order valence-electron chi connectivity index (χ0n) is 15.4. The molecule has 0 radical (unpaired) electrons. The Balaban J connectivity index is 1.60. The van der Waals surface area contributed by atoms with Crippen molar-refractivity contribution in [3.05, 3.63) is 81.7 Å². The van der Waals surface area contributed by atoms with Crippen LogP contribution in [-0.2, 0) is 11.2 Å². The van der Waals surface area contributed by atoms with Gasteiger partial charge < -0.3 is 18.8 Å². The first kappa shape index (κ1) is 16.6. The van der Waals surface area contributed by atoms with E-state index in [2.05, 4.69) is 12.1 Å². The Morgan fingerprint density at radius 2 is 2.07 bits per heavy atom. The van der Waals surface area contributed by atoms with Crippen molar-refractivity contribution in [2.45, 2.75) is 25.0 Å². The van der Waals surface area contributed by atoms with Gasteiger partial charge in [0.15, 0.2) is 5.43 Å². The third-order valence-electron chi connectivity index (χ3n) is 6.30. The summed E-state index contributed by atoms with van der Waals surface area (Å²) in [7, 11) is 0. The van der Waals surface area contributed by atoms with E-state index in [-0.39, 0.29) is 17.7 Å². The molecule has 2 atom stereocenters. The number of nitrogens with zero attached hydrogens (tertiary/aromatic N) is 1. The van der Waals surface area contributed by atoms with E-state index in [9.17, 15) is 14.7 Å². The summed E-state index contributed by atoms with van der Waals surface area (Å²) in [6.45, 7) is 0.608. The van der Waals surface area contributed by atoms with Crippen LogP contribution >= 0.6 is 0 Å². The highest BCUT2D eigenvalue weighted by atomic mass is 16.5. The van der Waals surface area contributed by atoms with Gasteiger partial charge in [-0.15, -0.1) is 0 Å². The van der Waals surface area contributed by atoms with Gasteiger partial charge in [-0.25, -0.2) is 4.79 Å². The summed E-state index contributed by atoms with van der Waals surface area (Å²) < 4.78 is 13.4. The van der Waals surface area contributed by atoms with Gasteiger partial charge in [-0.3, -0.25) is 4.79 Å². The molecule has 2 aliphatic heterocycles. The molecule has 6 heteroatoms. The maximum absolute atomic E-state index is 12.5. The molecule has 2 aromatic heterocycles. The fourth-order valence-corrected chi connectivity index (χ4v) is 5.07. The lowest BCUT2D eigenvalue weighted by Gasteiger charge is -2.32. The molecule has 1 fully saturated rings. The van der Waals surface area contributed by atoms with Gasteiger partial charge in [-0.1, -0.05) is 18.2 Å². The molecule has 6 rings (SSSR count). The summed E-state index contributed by atoms with van der Waals surface area (Å²) in [5.41, 5.74) is 6.80. The van der Waals surface area contributed by atoms with E-state index in [4.69, 9.17) is 9.15 Å². The number of fused-ring (bicyclic) bond motifs is 7. The van der Waals surface area contributed by atoms with Gasteiger partial charge in [0, 0.05) is 36.5 Å². The van der Waals surface area contributed by atoms with Crippen LogP contribution in [-0.4, -0.2) is 28.4 Å². The first-order valence-electron chi connectivity index (χ1n) is 9.63. The number of furan rings is 1. The molecule has 0 spiro atoms. The Morgan fingerprint density at radius 1 is 1.21 bits per heavy atom. The predicted octanol–water partition coefficient (Wildman–Crippen LogP) is 3.62. The van der Waals surface area contributed by atoms with Crippen molar-refractivity contribution in [1.29, 1.82) is 0 Å². The van der Waals surface area contributed by atoms with Crippen LogP contribution in [0.2, 0.25) is 0 Å². The molecule has 0 saturated carbocycles. The van der Waals surface area contributed by atoms with E-state index in [0.717, 1.165) is 40.0 Å². The van der Waals surface area contributed by atoms with Crippen molar-refractivity contribution in [3.63, 3.8) is 0 Å². The quantitative estimate of drug-likeness (QED) is 0.726. The Kier molecular flexibility index (Phi) is 3.32. The molecule has 4 heterocycles. The molecule has 1 saturated heterocycles. The normalized spacial score (nSPS) is 21.5. The molecule has 0 unspecified atom stereocenters. The SMILES string of the molecule is O=C(O)c1cn2c(cc1=O)C1=C(c3cccc(-c4ccoc4)c3C1)[C@H]1OCC[C@H]12. The molecule has 1 aliphatic carbocycles. The van der Waals surface area contributed by atoms with Gasteiger partial charge in [0.05, 0.1) is 18.6 Å².